The molecule has 0 unspecified atom stereocenters. The molecule has 2 amide bonds. The quantitative estimate of drug-likeness (QED) is 0.363. The van der Waals surface area contributed by atoms with Gasteiger partial charge in [-0.1, -0.05) is 6.42 Å². The van der Waals surface area contributed by atoms with Crippen molar-refractivity contribution in [3.63, 3.8) is 0 Å². The van der Waals surface area contributed by atoms with Crippen molar-refractivity contribution in [3.05, 3.63) is 29.8 Å². The number of amides is 2. The Bertz CT molecular complexity index is 903. The Morgan fingerprint density at radius 1 is 1.08 bits per heavy atom. The van der Waals surface area contributed by atoms with Crippen LogP contribution in [0.1, 0.15) is 62.2 Å². The van der Waals surface area contributed by atoms with Gasteiger partial charge in [-0.25, -0.2) is 4.79 Å². The SMILES string of the molecule is CCOC(=O)c1ccc(N2C[C@@H](C(=O)N(CCCOC)C[C@@H]3CCCN4CCCC[C@H]34)CC2=O)cc1. The lowest BCUT2D eigenvalue weighted by atomic mass is 9.83. The summed E-state index contributed by atoms with van der Waals surface area (Å²) in [7, 11) is 1.69. The number of hydrogen-bond acceptors (Lipinski definition) is 6. The molecule has 0 bridgehead atoms. The Labute approximate surface area is 214 Å². The van der Waals surface area contributed by atoms with E-state index in [0.717, 1.165) is 19.4 Å². The highest BCUT2D eigenvalue weighted by Crippen LogP contribution is 2.33. The van der Waals surface area contributed by atoms with E-state index in [1.54, 1.807) is 43.2 Å². The number of piperidine rings is 2. The van der Waals surface area contributed by atoms with E-state index in [9.17, 15) is 14.4 Å². The first-order valence-corrected chi connectivity index (χ1v) is 13.6. The normalized spacial score (nSPS) is 24.4. The summed E-state index contributed by atoms with van der Waals surface area (Å²) in [6.45, 7) is 6.86. The number of carbonyl (C=O) groups excluding carboxylic acids is 3. The molecule has 3 heterocycles. The number of anilines is 1. The number of rotatable bonds is 10. The van der Waals surface area contributed by atoms with Crippen LogP contribution in [0.5, 0.6) is 0 Å². The lowest BCUT2D eigenvalue weighted by Crippen LogP contribution is -2.52. The molecule has 4 rings (SSSR count). The van der Waals surface area contributed by atoms with E-state index in [1.807, 2.05) is 4.90 Å². The molecule has 0 aliphatic carbocycles. The fourth-order valence-electron chi connectivity index (χ4n) is 6.14. The molecule has 198 valence electrons. The number of fused-ring (bicyclic) bond motifs is 1. The second kappa shape index (κ2) is 12.7. The van der Waals surface area contributed by atoms with Crippen molar-refractivity contribution in [3.8, 4) is 0 Å². The van der Waals surface area contributed by atoms with Crippen LogP contribution < -0.4 is 4.90 Å². The van der Waals surface area contributed by atoms with Crippen molar-refractivity contribution in [2.75, 3.05) is 57.9 Å². The topological polar surface area (TPSA) is 79.4 Å². The van der Waals surface area contributed by atoms with E-state index in [4.69, 9.17) is 9.47 Å². The minimum absolute atomic E-state index is 0.0507. The molecule has 3 aliphatic heterocycles. The van der Waals surface area contributed by atoms with E-state index >= 15 is 0 Å². The third kappa shape index (κ3) is 6.27. The first-order valence-electron chi connectivity index (χ1n) is 13.6. The van der Waals surface area contributed by atoms with Gasteiger partial charge in [0.1, 0.15) is 0 Å². The second-order valence-corrected chi connectivity index (χ2v) is 10.3. The van der Waals surface area contributed by atoms with Crippen LogP contribution in [-0.4, -0.2) is 86.7 Å². The molecule has 0 spiro atoms. The third-order valence-corrected chi connectivity index (χ3v) is 7.94. The van der Waals surface area contributed by atoms with Gasteiger partial charge in [0.25, 0.3) is 0 Å². The molecule has 3 fully saturated rings. The molecule has 3 atom stereocenters. The zero-order chi connectivity index (χ0) is 25.5. The molecule has 3 saturated heterocycles. The zero-order valence-electron chi connectivity index (χ0n) is 21.8. The zero-order valence-corrected chi connectivity index (χ0v) is 21.8. The van der Waals surface area contributed by atoms with Gasteiger partial charge in [-0.3, -0.25) is 9.59 Å². The first-order chi connectivity index (χ1) is 17.5. The number of carbonyl (C=O) groups is 3. The van der Waals surface area contributed by atoms with Crippen molar-refractivity contribution < 1.29 is 23.9 Å². The van der Waals surface area contributed by atoms with Crippen LogP contribution in [-0.2, 0) is 19.1 Å². The average molecular weight is 500 g/mol. The summed E-state index contributed by atoms with van der Waals surface area (Å²) >= 11 is 0. The van der Waals surface area contributed by atoms with Gasteiger partial charge in [-0.2, -0.15) is 0 Å². The predicted molar refractivity (Wildman–Crippen MR) is 138 cm³/mol. The van der Waals surface area contributed by atoms with Gasteiger partial charge < -0.3 is 24.2 Å². The smallest absolute Gasteiger partial charge is 0.338 e. The molecule has 3 aliphatic rings. The minimum atomic E-state index is -0.379. The highest BCUT2D eigenvalue weighted by molar-refractivity contribution is 6.00. The minimum Gasteiger partial charge on any atom is -0.462 e. The van der Waals surface area contributed by atoms with Gasteiger partial charge in [0.2, 0.25) is 11.8 Å². The molecule has 0 aromatic heterocycles. The van der Waals surface area contributed by atoms with Crippen molar-refractivity contribution >= 4 is 23.5 Å². The summed E-state index contributed by atoms with van der Waals surface area (Å²) in [6, 6.07) is 7.43. The Kier molecular flexibility index (Phi) is 9.37. The fourth-order valence-corrected chi connectivity index (χ4v) is 6.14. The number of hydrogen-bond donors (Lipinski definition) is 0. The lowest BCUT2D eigenvalue weighted by molar-refractivity contribution is -0.137. The van der Waals surface area contributed by atoms with Gasteiger partial charge in [0.15, 0.2) is 0 Å². The van der Waals surface area contributed by atoms with Crippen LogP contribution in [0.2, 0.25) is 0 Å². The molecule has 8 nitrogen and oxygen atoms in total. The van der Waals surface area contributed by atoms with Crippen LogP contribution >= 0.6 is 0 Å². The molecule has 0 saturated carbocycles. The van der Waals surface area contributed by atoms with Crippen LogP contribution in [0.15, 0.2) is 24.3 Å². The third-order valence-electron chi connectivity index (χ3n) is 7.94. The van der Waals surface area contributed by atoms with Crippen LogP contribution in [0.4, 0.5) is 5.69 Å². The summed E-state index contributed by atoms with van der Waals surface area (Å²) in [5.74, 6) is -0.205. The van der Waals surface area contributed by atoms with Crippen LogP contribution in [0.25, 0.3) is 0 Å². The van der Waals surface area contributed by atoms with Crippen molar-refractivity contribution in [2.45, 2.75) is 57.9 Å². The Morgan fingerprint density at radius 3 is 2.61 bits per heavy atom. The van der Waals surface area contributed by atoms with Crippen molar-refractivity contribution in [2.24, 2.45) is 11.8 Å². The van der Waals surface area contributed by atoms with Gasteiger partial charge in [-0.15, -0.1) is 0 Å². The van der Waals surface area contributed by atoms with Crippen LogP contribution in [0.3, 0.4) is 0 Å². The number of methoxy groups -OCH3 is 1. The van der Waals surface area contributed by atoms with E-state index in [-0.39, 0.29) is 30.1 Å². The van der Waals surface area contributed by atoms with Crippen LogP contribution in [0, 0.1) is 11.8 Å². The molecular formula is C28H41N3O5. The van der Waals surface area contributed by atoms with Gasteiger partial charge in [0, 0.05) is 51.5 Å². The number of ether oxygens (including phenoxy) is 2. The molecule has 8 heteroatoms. The maximum atomic E-state index is 13.7. The summed E-state index contributed by atoms with van der Waals surface area (Å²) in [5.41, 5.74) is 1.16. The average Bonchev–Trinajstić information content (AvgIpc) is 3.29. The molecule has 1 aromatic rings. The first kappa shape index (κ1) is 26.6. The maximum absolute atomic E-state index is 13.7. The standard InChI is InChI=1S/C28H41N3O5/c1-3-36-28(34)21-10-12-24(13-11-21)31-20-23(18-26(31)32)27(33)30(16-7-17-35-2)19-22-8-6-15-29-14-5-4-9-25(22)29/h10-13,22-23,25H,3-9,14-20H2,1-2H3/t22-,23-,25+/m0/s1. The monoisotopic (exact) mass is 499 g/mol. The highest BCUT2D eigenvalue weighted by Gasteiger charge is 2.39. The Balaban J connectivity index is 1.42. The maximum Gasteiger partial charge on any atom is 0.338 e. The number of nitrogens with zero attached hydrogens (tertiary/aromatic N) is 3. The summed E-state index contributed by atoms with van der Waals surface area (Å²) in [5, 5.41) is 0. The Morgan fingerprint density at radius 2 is 1.86 bits per heavy atom. The predicted octanol–water partition coefficient (Wildman–Crippen LogP) is 3.35. The largest absolute Gasteiger partial charge is 0.462 e. The summed E-state index contributed by atoms with van der Waals surface area (Å²) < 4.78 is 10.3. The van der Waals surface area contributed by atoms with Crippen molar-refractivity contribution in [1.82, 2.24) is 9.80 Å². The number of esters is 1. The summed E-state index contributed by atoms with van der Waals surface area (Å²) in [6.07, 6.45) is 7.15. The Hall–Kier alpha value is -2.45. The van der Waals surface area contributed by atoms with Gasteiger partial charge >= 0.3 is 5.97 Å². The van der Waals surface area contributed by atoms with E-state index in [1.165, 1.54) is 38.8 Å². The van der Waals surface area contributed by atoms with E-state index in [2.05, 4.69) is 4.90 Å². The van der Waals surface area contributed by atoms with Gasteiger partial charge in [-0.05, 0) is 82.3 Å². The molecule has 0 N–H and O–H groups in total. The molecule has 1 aromatic carbocycles. The second-order valence-electron chi connectivity index (χ2n) is 10.3. The number of benzene rings is 1. The highest BCUT2D eigenvalue weighted by atomic mass is 16.5. The van der Waals surface area contributed by atoms with Gasteiger partial charge in [0.05, 0.1) is 18.1 Å². The lowest BCUT2D eigenvalue weighted by Gasteiger charge is -2.46. The fraction of sp³-hybridized carbons (Fsp3) is 0.679. The molecular weight excluding hydrogens is 458 g/mol. The van der Waals surface area contributed by atoms with E-state index < -0.39 is 0 Å². The van der Waals surface area contributed by atoms with Crippen molar-refractivity contribution in [1.29, 1.82) is 0 Å². The molecule has 36 heavy (non-hydrogen) atoms. The summed E-state index contributed by atoms with van der Waals surface area (Å²) in [4.78, 5) is 44.9. The van der Waals surface area contributed by atoms with E-state index in [0.29, 0.717) is 49.5 Å². The molecule has 0 radical (unpaired) electrons.